The normalized spacial score (nSPS) is 24.0. The van der Waals surface area contributed by atoms with Crippen LogP contribution in [0.2, 0.25) is 0 Å². The number of benzene rings is 4. The number of hydrogen-bond acceptors (Lipinski definition) is 5. The van der Waals surface area contributed by atoms with Crippen molar-refractivity contribution in [3.05, 3.63) is 147 Å². The molecule has 6 heteroatoms. The largest absolute Gasteiger partial charge is 0.423 e. The summed E-state index contributed by atoms with van der Waals surface area (Å²) in [5, 5.41) is 23.3. The second-order valence-corrected chi connectivity index (χ2v) is 11.4. The highest BCUT2D eigenvalue weighted by atomic mass is 16.6. The number of nitrogens with zero attached hydrogens (tertiary/aromatic N) is 1. The van der Waals surface area contributed by atoms with Crippen LogP contribution in [-0.4, -0.2) is 16.0 Å². The molecule has 0 unspecified atom stereocenters. The highest BCUT2D eigenvalue weighted by Gasteiger charge is 2.53. The monoisotopic (exact) mass is 559 g/mol. The van der Waals surface area contributed by atoms with E-state index in [0.29, 0.717) is 12.2 Å². The van der Waals surface area contributed by atoms with E-state index >= 15 is 0 Å². The summed E-state index contributed by atoms with van der Waals surface area (Å²) in [6.45, 7) is 2.23. The Bertz CT molecular complexity index is 1650. The maximum Gasteiger partial charge on any atom is 0.343 e. The van der Waals surface area contributed by atoms with Gasteiger partial charge in [-0.1, -0.05) is 79.7 Å². The summed E-state index contributed by atoms with van der Waals surface area (Å²) in [5.74, 6) is 0.183. The lowest BCUT2D eigenvalue weighted by atomic mass is 9.51. The third kappa shape index (κ3) is 4.92. The average Bonchev–Trinajstić information content (AvgIpc) is 3.02. The maximum absolute atomic E-state index is 12.8. The summed E-state index contributed by atoms with van der Waals surface area (Å²) in [5.41, 5.74) is 4.39. The van der Waals surface area contributed by atoms with Gasteiger partial charge < -0.3 is 9.84 Å². The number of fused-ring (bicyclic) bond motifs is 3. The van der Waals surface area contributed by atoms with Gasteiger partial charge in [0.15, 0.2) is 0 Å². The van der Waals surface area contributed by atoms with Gasteiger partial charge in [-0.3, -0.25) is 10.1 Å². The average molecular weight is 560 g/mol. The molecule has 0 bridgehead atoms. The molecule has 0 aromatic heterocycles. The first-order valence-corrected chi connectivity index (χ1v) is 14.5. The van der Waals surface area contributed by atoms with Crippen LogP contribution in [-0.2, 0) is 17.4 Å². The molecule has 6 nitrogen and oxygen atoms in total. The number of aliphatic hydroxyl groups is 1. The van der Waals surface area contributed by atoms with Crippen LogP contribution in [0.25, 0.3) is 6.08 Å². The Labute approximate surface area is 245 Å². The van der Waals surface area contributed by atoms with Gasteiger partial charge in [-0.2, -0.15) is 0 Å². The van der Waals surface area contributed by atoms with Crippen molar-refractivity contribution in [2.45, 2.75) is 50.0 Å². The number of nitro benzene ring substituents is 1. The van der Waals surface area contributed by atoms with Crippen LogP contribution in [0, 0.1) is 16.0 Å². The van der Waals surface area contributed by atoms with Gasteiger partial charge in [-0.05, 0) is 90.1 Å². The fourth-order valence-electron chi connectivity index (χ4n) is 7.09. The molecule has 0 heterocycles. The Morgan fingerprint density at radius 3 is 2.36 bits per heavy atom. The zero-order valence-corrected chi connectivity index (χ0v) is 23.5. The van der Waals surface area contributed by atoms with E-state index in [1.807, 2.05) is 60.7 Å². The molecule has 4 aromatic rings. The highest BCUT2D eigenvalue weighted by molar-refractivity contribution is 5.91. The van der Waals surface area contributed by atoms with E-state index in [1.54, 1.807) is 0 Å². The van der Waals surface area contributed by atoms with Crippen molar-refractivity contribution in [1.82, 2.24) is 0 Å². The number of carbonyl (C=O) groups is 1. The zero-order valence-electron chi connectivity index (χ0n) is 23.5. The van der Waals surface area contributed by atoms with Crippen LogP contribution in [0.1, 0.15) is 65.2 Å². The van der Waals surface area contributed by atoms with Crippen LogP contribution >= 0.6 is 0 Å². The minimum atomic E-state index is -1.06. The molecule has 0 aliphatic heterocycles. The number of rotatable bonds is 6. The quantitative estimate of drug-likeness (QED) is 0.113. The molecular formula is C36H33NO5. The number of esters is 1. The molecule has 0 saturated heterocycles. The minimum Gasteiger partial charge on any atom is -0.423 e. The standard InChI is InChI=1S/C36H33NO5/c1-2-35-23-30(21-25-9-5-3-6-10-25)36(39,28-11-7-4-8-12-28)24-29(35)16-13-27-22-32(19-20-33(27)35)42-34(38)26-14-17-31(18-15-26)37(40)41/h3-12,14-15,17-22,29,39H,2,13,16,23-24H2,1H3/b30-21+/t29-,35-,36-/m1/s1. The van der Waals surface area contributed by atoms with Gasteiger partial charge in [0.05, 0.1) is 10.5 Å². The third-order valence-electron chi connectivity index (χ3n) is 9.28. The Hall–Kier alpha value is -4.55. The SMILES string of the molecule is CC[C@@]12C/C(=C\c3ccccc3)[C@](O)(c3ccccc3)C[C@H]1CCc1cc(OC(=O)c3ccc([N+](=O)[O-])cc3)ccc12. The van der Waals surface area contributed by atoms with E-state index in [4.69, 9.17) is 4.74 Å². The number of ether oxygens (including phenoxy) is 1. The Morgan fingerprint density at radius 2 is 1.69 bits per heavy atom. The Balaban J connectivity index is 1.34. The van der Waals surface area contributed by atoms with Gasteiger partial charge in [-0.25, -0.2) is 4.79 Å². The van der Waals surface area contributed by atoms with Crippen molar-refractivity contribution in [3.63, 3.8) is 0 Å². The molecule has 0 amide bonds. The van der Waals surface area contributed by atoms with Gasteiger partial charge in [0.25, 0.3) is 5.69 Å². The van der Waals surface area contributed by atoms with E-state index in [-0.39, 0.29) is 22.6 Å². The number of hydrogen-bond donors (Lipinski definition) is 1. The Kier molecular flexibility index (Phi) is 7.25. The molecule has 2 aliphatic rings. The number of nitro groups is 1. The van der Waals surface area contributed by atoms with Crippen LogP contribution in [0.5, 0.6) is 5.75 Å². The van der Waals surface area contributed by atoms with E-state index < -0.39 is 16.5 Å². The fourth-order valence-corrected chi connectivity index (χ4v) is 7.09. The number of non-ortho nitro benzene ring substituents is 1. The van der Waals surface area contributed by atoms with Crippen LogP contribution in [0.15, 0.2) is 109 Å². The van der Waals surface area contributed by atoms with E-state index in [0.717, 1.165) is 47.9 Å². The minimum absolute atomic E-state index is 0.0768. The van der Waals surface area contributed by atoms with Gasteiger partial charge in [0, 0.05) is 17.5 Å². The summed E-state index contributed by atoms with van der Waals surface area (Å²) in [6, 6.07) is 31.5. The van der Waals surface area contributed by atoms with Gasteiger partial charge in [0.1, 0.15) is 11.4 Å². The molecule has 3 atom stereocenters. The van der Waals surface area contributed by atoms with Crippen molar-refractivity contribution >= 4 is 17.7 Å². The summed E-state index contributed by atoms with van der Waals surface area (Å²) in [7, 11) is 0. The molecule has 1 saturated carbocycles. The molecule has 212 valence electrons. The summed E-state index contributed by atoms with van der Waals surface area (Å²) >= 11 is 0. The van der Waals surface area contributed by atoms with Gasteiger partial charge >= 0.3 is 5.97 Å². The summed E-state index contributed by atoms with van der Waals surface area (Å²) < 4.78 is 5.70. The van der Waals surface area contributed by atoms with E-state index in [2.05, 4.69) is 31.2 Å². The van der Waals surface area contributed by atoms with Crippen LogP contribution in [0.3, 0.4) is 0 Å². The molecule has 2 aliphatic carbocycles. The second kappa shape index (κ2) is 11.0. The maximum atomic E-state index is 12.8. The van der Waals surface area contributed by atoms with Crippen molar-refractivity contribution in [3.8, 4) is 5.75 Å². The smallest absolute Gasteiger partial charge is 0.343 e. The molecule has 1 N–H and O–H groups in total. The molecule has 42 heavy (non-hydrogen) atoms. The first kappa shape index (κ1) is 27.6. The highest BCUT2D eigenvalue weighted by Crippen LogP contribution is 2.59. The van der Waals surface area contributed by atoms with Crippen molar-refractivity contribution in [2.75, 3.05) is 0 Å². The number of aryl methyl sites for hydroxylation is 1. The lowest BCUT2D eigenvalue weighted by Crippen LogP contribution is -2.50. The molecule has 4 aromatic carbocycles. The van der Waals surface area contributed by atoms with Crippen LogP contribution in [0.4, 0.5) is 5.69 Å². The topological polar surface area (TPSA) is 89.7 Å². The van der Waals surface area contributed by atoms with Gasteiger partial charge in [0.2, 0.25) is 0 Å². The van der Waals surface area contributed by atoms with Crippen molar-refractivity contribution < 1.29 is 19.6 Å². The third-order valence-corrected chi connectivity index (χ3v) is 9.28. The molecule has 1 fully saturated rings. The van der Waals surface area contributed by atoms with Crippen molar-refractivity contribution in [2.24, 2.45) is 5.92 Å². The lowest BCUT2D eigenvalue weighted by molar-refractivity contribution is -0.384. The Morgan fingerprint density at radius 1 is 1.00 bits per heavy atom. The molecular weight excluding hydrogens is 526 g/mol. The predicted octanol–water partition coefficient (Wildman–Crippen LogP) is 7.79. The molecule has 0 radical (unpaired) electrons. The number of carbonyl (C=O) groups excluding carboxylic acids is 1. The second-order valence-electron chi connectivity index (χ2n) is 11.4. The van der Waals surface area contributed by atoms with Crippen LogP contribution < -0.4 is 4.74 Å². The zero-order chi connectivity index (χ0) is 29.3. The summed E-state index contributed by atoms with van der Waals surface area (Å²) in [4.78, 5) is 23.3. The van der Waals surface area contributed by atoms with Crippen molar-refractivity contribution in [1.29, 1.82) is 0 Å². The van der Waals surface area contributed by atoms with E-state index in [9.17, 15) is 20.0 Å². The summed E-state index contributed by atoms with van der Waals surface area (Å²) in [6.07, 6.45) is 6.20. The first-order chi connectivity index (χ1) is 20.3. The fraction of sp³-hybridized carbons (Fsp3) is 0.250. The molecule has 6 rings (SSSR count). The predicted molar refractivity (Wildman–Crippen MR) is 162 cm³/mol. The van der Waals surface area contributed by atoms with Gasteiger partial charge in [-0.15, -0.1) is 0 Å². The molecule has 0 spiro atoms. The lowest BCUT2D eigenvalue weighted by Gasteiger charge is -2.54. The van der Waals surface area contributed by atoms with E-state index in [1.165, 1.54) is 29.8 Å². The first-order valence-electron chi connectivity index (χ1n) is 14.5.